The van der Waals surface area contributed by atoms with Gasteiger partial charge in [0.05, 0.1) is 11.3 Å². The maximum absolute atomic E-state index is 13.0. The fraction of sp³-hybridized carbons (Fsp3) is 0.385. The molecular weight excluding hydrogens is 459 g/mol. The molecule has 1 aliphatic rings. The second-order valence-corrected chi connectivity index (χ2v) is 9.14. The second kappa shape index (κ2) is 10.0. The molecular formula is C26H28F3N3O3. The van der Waals surface area contributed by atoms with Crippen LogP contribution >= 0.6 is 0 Å². The number of carbonyl (C=O) groups excluding carboxylic acids is 1. The summed E-state index contributed by atoms with van der Waals surface area (Å²) < 4.78 is 43.7. The fourth-order valence-electron chi connectivity index (χ4n) is 4.78. The van der Waals surface area contributed by atoms with Crippen LogP contribution in [0.3, 0.4) is 0 Å². The molecule has 9 heteroatoms. The molecule has 6 nitrogen and oxygen atoms in total. The highest BCUT2D eigenvalue weighted by atomic mass is 19.4. The van der Waals surface area contributed by atoms with Crippen molar-refractivity contribution < 1.29 is 27.4 Å². The molecule has 0 unspecified atom stereocenters. The van der Waals surface area contributed by atoms with E-state index in [1.807, 2.05) is 12.1 Å². The smallest absolute Gasteiger partial charge is 0.573 e. The number of benzene rings is 1. The normalized spacial score (nSPS) is 18.3. The number of rotatable bonds is 6. The molecule has 2 N–H and O–H groups in total. The van der Waals surface area contributed by atoms with Gasteiger partial charge < -0.3 is 20.2 Å². The van der Waals surface area contributed by atoms with Crippen LogP contribution in [-0.2, 0) is 0 Å². The van der Waals surface area contributed by atoms with E-state index in [-0.39, 0.29) is 22.8 Å². The Morgan fingerprint density at radius 3 is 2.54 bits per heavy atom. The average molecular weight is 488 g/mol. The number of aromatic amines is 1. The summed E-state index contributed by atoms with van der Waals surface area (Å²) in [6.07, 6.45) is 0.535. The van der Waals surface area contributed by atoms with E-state index in [1.165, 1.54) is 23.8 Å². The molecule has 3 aromatic rings. The third-order valence-corrected chi connectivity index (χ3v) is 6.57. The third kappa shape index (κ3) is 5.96. The Balaban J connectivity index is 1.40. The lowest BCUT2D eigenvalue weighted by atomic mass is 9.79. The van der Waals surface area contributed by atoms with Gasteiger partial charge in [-0.25, -0.2) is 0 Å². The Bertz CT molecular complexity index is 1200. The van der Waals surface area contributed by atoms with E-state index in [1.54, 1.807) is 32.2 Å². The number of H-pyrrole nitrogens is 1. The fourth-order valence-corrected chi connectivity index (χ4v) is 4.78. The number of nitrogens with one attached hydrogen (secondary N) is 2. The van der Waals surface area contributed by atoms with Crippen molar-refractivity contribution in [1.29, 1.82) is 0 Å². The van der Waals surface area contributed by atoms with Crippen LogP contribution in [0.15, 0.2) is 48.7 Å². The first-order valence-electron chi connectivity index (χ1n) is 11.6. The minimum atomic E-state index is -4.84. The van der Waals surface area contributed by atoms with Crippen LogP contribution in [0.1, 0.15) is 58.9 Å². The molecule has 1 aliphatic carbocycles. The molecule has 1 amide bonds. The molecule has 0 atom stereocenters. The Morgan fingerprint density at radius 2 is 1.86 bits per heavy atom. The summed E-state index contributed by atoms with van der Waals surface area (Å²) in [7, 11) is 0. The van der Waals surface area contributed by atoms with Gasteiger partial charge in [-0.3, -0.25) is 4.79 Å². The SMILES string of the molecule is Cc1cc(C(=O)NCC2CCC(c3cc[n+]([O-])c(C)c3)CC2)c(-c2ccccc2OC(F)(F)F)[nH]1. The highest BCUT2D eigenvalue weighted by Crippen LogP contribution is 2.37. The maximum Gasteiger partial charge on any atom is 0.573 e. The summed E-state index contributed by atoms with van der Waals surface area (Å²) in [5.41, 5.74) is 3.24. The van der Waals surface area contributed by atoms with Gasteiger partial charge in [0.15, 0.2) is 11.9 Å². The Labute approximate surface area is 201 Å². The van der Waals surface area contributed by atoms with E-state index in [0.717, 1.165) is 30.4 Å². The molecule has 2 aromatic heterocycles. The van der Waals surface area contributed by atoms with Gasteiger partial charge in [0.2, 0.25) is 0 Å². The van der Waals surface area contributed by atoms with Crippen LogP contribution in [0.25, 0.3) is 11.3 Å². The number of pyridine rings is 1. The number of hydrogen-bond donors (Lipinski definition) is 2. The second-order valence-electron chi connectivity index (χ2n) is 9.14. The largest absolute Gasteiger partial charge is 0.619 e. The number of aromatic nitrogens is 2. The van der Waals surface area contributed by atoms with Crippen LogP contribution in [0.4, 0.5) is 13.2 Å². The van der Waals surface area contributed by atoms with Crippen molar-refractivity contribution in [2.24, 2.45) is 5.92 Å². The number of halogens is 3. The zero-order valence-electron chi connectivity index (χ0n) is 19.6. The summed E-state index contributed by atoms with van der Waals surface area (Å²) >= 11 is 0. The zero-order chi connectivity index (χ0) is 25.2. The average Bonchev–Trinajstić information content (AvgIpc) is 3.20. The van der Waals surface area contributed by atoms with Crippen molar-refractivity contribution in [2.45, 2.75) is 51.8 Å². The van der Waals surface area contributed by atoms with E-state index in [9.17, 15) is 23.2 Å². The molecule has 1 saturated carbocycles. The number of ether oxygens (including phenoxy) is 1. The van der Waals surface area contributed by atoms with E-state index >= 15 is 0 Å². The first-order chi connectivity index (χ1) is 16.6. The van der Waals surface area contributed by atoms with Crippen LogP contribution in [-0.4, -0.2) is 23.8 Å². The highest BCUT2D eigenvalue weighted by Gasteiger charge is 2.33. The van der Waals surface area contributed by atoms with E-state index < -0.39 is 6.36 Å². The molecule has 35 heavy (non-hydrogen) atoms. The number of aryl methyl sites for hydroxylation is 2. The number of para-hydroxylation sites is 1. The monoisotopic (exact) mass is 487 g/mol. The van der Waals surface area contributed by atoms with E-state index in [2.05, 4.69) is 15.0 Å². The van der Waals surface area contributed by atoms with Crippen LogP contribution in [0, 0.1) is 25.0 Å². The Hall–Kier alpha value is -3.49. The van der Waals surface area contributed by atoms with Crippen LogP contribution < -0.4 is 14.8 Å². The van der Waals surface area contributed by atoms with Crippen LogP contribution in [0.2, 0.25) is 0 Å². The van der Waals surface area contributed by atoms with Gasteiger partial charge in [0.25, 0.3) is 5.91 Å². The predicted octanol–water partition coefficient (Wildman–Crippen LogP) is 5.53. The lowest BCUT2D eigenvalue weighted by molar-refractivity contribution is -0.612. The van der Waals surface area contributed by atoms with Crippen molar-refractivity contribution in [3.05, 3.63) is 76.4 Å². The topological polar surface area (TPSA) is 81.1 Å². The summed E-state index contributed by atoms with van der Waals surface area (Å²) in [4.78, 5) is 16.0. The summed E-state index contributed by atoms with van der Waals surface area (Å²) in [6.45, 7) is 4.03. The molecule has 1 aromatic carbocycles. The van der Waals surface area contributed by atoms with Crippen molar-refractivity contribution in [3.63, 3.8) is 0 Å². The molecule has 186 valence electrons. The lowest BCUT2D eigenvalue weighted by Crippen LogP contribution is -2.32. The lowest BCUT2D eigenvalue weighted by Gasteiger charge is -2.29. The first-order valence-corrected chi connectivity index (χ1v) is 11.6. The Morgan fingerprint density at radius 1 is 1.14 bits per heavy atom. The zero-order valence-corrected chi connectivity index (χ0v) is 19.6. The Kier molecular flexibility index (Phi) is 7.05. The number of hydrogen-bond acceptors (Lipinski definition) is 3. The molecule has 0 saturated heterocycles. The van der Waals surface area contributed by atoms with E-state index in [0.29, 0.717) is 35.5 Å². The molecule has 4 rings (SSSR count). The van der Waals surface area contributed by atoms with E-state index in [4.69, 9.17) is 0 Å². The standard InChI is InChI=1S/C26H28F3N3O3/c1-16-13-22(24(31-16)21-5-3-4-6-23(21)35-26(27,28)29)25(33)30-15-18-7-9-19(10-8-18)20-11-12-32(34)17(2)14-20/h3-6,11-14,18-19,31H,7-10,15H2,1-2H3,(H,30,33). The van der Waals surface area contributed by atoms with Crippen LogP contribution in [0.5, 0.6) is 5.75 Å². The van der Waals surface area contributed by atoms with Crippen molar-refractivity contribution >= 4 is 5.91 Å². The summed E-state index contributed by atoms with van der Waals surface area (Å²) in [5.74, 6) is -0.000423. The van der Waals surface area contributed by atoms with Crippen molar-refractivity contribution in [2.75, 3.05) is 6.54 Å². The summed E-state index contributed by atoms with van der Waals surface area (Å²) in [6, 6.07) is 11.2. The van der Waals surface area contributed by atoms with Gasteiger partial charge in [-0.15, -0.1) is 13.2 Å². The number of alkyl halides is 3. The molecule has 2 heterocycles. The van der Waals surface area contributed by atoms with Gasteiger partial charge in [0.1, 0.15) is 5.75 Å². The van der Waals surface area contributed by atoms with Crippen molar-refractivity contribution in [3.8, 4) is 17.0 Å². The van der Waals surface area contributed by atoms with Crippen molar-refractivity contribution in [1.82, 2.24) is 10.3 Å². The van der Waals surface area contributed by atoms with Gasteiger partial charge in [-0.1, -0.05) is 12.1 Å². The molecule has 0 bridgehead atoms. The molecule has 0 aliphatic heterocycles. The minimum absolute atomic E-state index is 0.168. The van der Waals surface area contributed by atoms with Gasteiger partial charge >= 0.3 is 6.36 Å². The summed E-state index contributed by atoms with van der Waals surface area (Å²) in [5, 5.41) is 14.5. The number of nitrogens with zero attached hydrogens (tertiary/aromatic N) is 1. The van der Waals surface area contributed by atoms with Gasteiger partial charge in [-0.05, 0) is 68.2 Å². The molecule has 0 spiro atoms. The quantitative estimate of drug-likeness (QED) is 0.354. The van der Waals surface area contributed by atoms with Gasteiger partial charge in [-0.2, -0.15) is 4.73 Å². The highest BCUT2D eigenvalue weighted by molar-refractivity contribution is 6.01. The predicted molar refractivity (Wildman–Crippen MR) is 125 cm³/mol. The van der Waals surface area contributed by atoms with Gasteiger partial charge in [0, 0.05) is 36.9 Å². The molecule has 0 radical (unpaired) electrons. The third-order valence-electron chi connectivity index (χ3n) is 6.57. The number of amides is 1. The first kappa shape index (κ1) is 24.6. The molecule has 1 fully saturated rings. The minimum Gasteiger partial charge on any atom is -0.619 e. The maximum atomic E-state index is 13.0. The number of carbonyl (C=O) groups is 1.